The molecule has 0 saturated carbocycles. The SMILES string of the molecule is CC.COCCC(=O)O.O=C(O)CCOC[C@@H]1CCCN1c1cc(-c2cncs2)c2ccc(Cl)c(Cl)c2n1.OCc1cccc(-c2cc(N3CCCC3)nc3c(Cl)c(Cl)ccc23)c1. The molecule has 8 rings (SSSR count). The number of ether oxygens (including phenoxy) is 2. The molecule has 12 nitrogen and oxygen atoms in total. The van der Waals surface area contributed by atoms with E-state index < -0.39 is 11.9 Å². The number of hydrogen-bond acceptors (Lipinski definition) is 11. The van der Waals surface area contributed by atoms with Crippen molar-refractivity contribution in [3.05, 3.63) is 98.0 Å². The molecule has 3 N–H and O–H groups in total. The zero-order valence-electron chi connectivity index (χ0n) is 35.3. The molecule has 63 heavy (non-hydrogen) atoms. The lowest BCUT2D eigenvalue weighted by molar-refractivity contribution is -0.139. The van der Waals surface area contributed by atoms with Crippen molar-refractivity contribution in [3.63, 3.8) is 0 Å². The summed E-state index contributed by atoms with van der Waals surface area (Å²) in [4.78, 5) is 39.8. The Labute approximate surface area is 391 Å². The van der Waals surface area contributed by atoms with Crippen LogP contribution in [0.2, 0.25) is 20.1 Å². The molecule has 2 fully saturated rings. The first-order valence-corrected chi connectivity index (χ1v) is 23.1. The first kappa shape index (κ1) is 49.7. The van der Waals surface area contributed by atoms with Crippen LogP contribution in [0.25, 0.3) is 43.4 Å². The lowest BCUT2D eigenvalue weighted by Gasteiger charge is -2.26. The summed E-state index contributed by atoms with van der Waals surface area (Å²) in [5.41, 5.74) is 7.18. The van der Waals surface area contributed by atoms with Crippen LogP contribution in [-0.4, -0.2) is 94.8 Å². The Hall–Kier alpha value is -4.31. The zero-order valence-corrected chi connectivity index (χ0v) is 39.2. The molecule has 17 heteroatoms. The van der Waals surface area contributed by atoms with Crippen molar-refractivity contribution in [1.82, 2.24) is 15.0 Å². The number of aliphatic hydroxyl groups excluding tert-OH is 1. The molecule has 0 spiro atoms. The van der Waals surface area contributed by atoms with E-state index >= 15 is 0 Å². The Morgan fingerprint density at radius 3 is 2.00 bits per heavy atom. The predicted octanol–water partition coefficient (Wildman–Crippen LogP) is 11.6. The van der Waals surface area contributed by atoms with Crippen LogP contribution in [0.15, 0.2) is 72.4 Å². The Morgan fingerprint density at radius 1 is 0.794 bits per heavy atom. The highest BCUT2D eigenvalue weighted by molar-refractivity contribution is 7.13. The number of carbonyl (C=O) groups is 2. The van der Waals surface area contributed by atoms with E-state index in [-0.39, 0.29) is 32.1 Å². The molecule has 2 aliphatic rings. The summed E-state index contributed by atoms with van der Waals surface area (Å²) in [5, 5.41) is 30.0. The van der Waals surface area contributed by atoms with Crippen LogP contribution in [0.3, 0.4) is 0 Å². The molecule has 2 aliphatic heterocycles. The number of nitrogens with zero attached hydrogens (tertiary/aromatic N) is 5. The van der Waals surface area contributed by atoms with Crippen molar-refractivity contribution in [2.45, 2.75) is 65.0 Å². The summed E-state index contributed by atoms with van der Waals surface area (Å²) in [7, 11) is 1.48. The average molecular weight is 960 g/mol. The Morgan fingerprint density at radius 2 is 1.41 bits per heavy atom. The molecule has 336 valence electrons. The highest BCUT2D eigenvalue weighted by atomic mass is 35.5. The number of thiazole rings is 1. The number of methoxy groups -OCH3 is 1. The minimum Gasteiger partial charge on any atom is -0.481 e. The molecular weight excluding hydrogens is 908 g/mol. The number of hydrogen-bond donors (Lipinski definition) is 3. The predicted molar refractivity (Wildman–Crippen MR) is 256 cm³/mol. The maximum absolute atomic E-state index is 10.7. The van der Waals surface area contributed by atoms with Crippen LogP contribution in [0.5, 0.6) is 0 Å². The average Bonchev–Trinajstić information content (AvgIpc) is 4.13. The second-order valence-corrected chi connectivity index (χ2v) is 16.8. The second-order valence-electron chi connectivity index (χ2n) is 14.3. The minimum absolute atomic E-state index is 0.00454. The fraction of sp³-hybridized carbons (Fsp3) is 0.370. The molecule has 3 aromatic heterocycles. The van der Waals surface area contributed by atoms with Gasteiger partial charge in [-0.05, 0) is 72.7 Å². The lowest BCUT2D eigenvalue weighted by atomic mass is 9.99. The van der Waals surface area contributed by atoms with Gasteiger partial charge in [0.05, 0.1) is 86.8 Å². The summed E-state index contributed by atoms with van der Waals surface area (Å²) in [6, 6.07) is 19.7. The molecular formula is C46H51Cl4N5O7S. The number of rotatable bonds is 13. The number of carboxylic acid groups (broad SMARTS) is 2. The maximum Gasteiger partial charge on any atom is 0.305 e. The van der Waals surface area contributed by atoms with Gasteiger partial charge >= 0.3 is 11.9 Å². The molecule has 2 saturated heterocycles. The Kier molecular flexibility index (Phi) is 19.5. The molecule has 5 heterocycles. The van der Waals surface area contributed by atoms with Gasteiger partial charge in [-0.1, -0.05) is 90.6 Å². The van der Waals surface area contributed by atoms with Crippen LogP contribution in [0.1, 0.15) is 57.9 Å². The smallest absolute Gasteiger partial charge is 0.305 e. The minimum atomic E-state index is -0.856. The fourth-order valence-electron chi connectivity index (χ4n) is 7.20. The number of pyridine rings is 2. The molecule has 0 aliphatic carbocycles. The van der Waals surface area contributed by atoms with E-state index in [1.807, 2.05) is 62.5 Å². The molecule has 3 aromatic carbocycles. The van der Waals surface area contributed by atoms with E-state index in [0.717, 1.165) is 87.5 Å². The monoisotopic (exact) mass is 957 g/mol. The van der Waals surface area contributed by atoms with Crippen molar-refractivity contribution in [2.75, 3.05) is 56.4 Å². The summed E-state index contributed by atoms with van der Waals surface area (Å²) in [5.74, 6) is 0.0695. The number of aliphatic carboxylic acids is 2. The van der Waals surface area contributed by atoms with Crippen molar-refractivity contribution in [3.8, 4) is 21.6 Å². The largest absolute Gasteiger partial charge is 0.481 e. The van der Waals surface area contributed by atoms with Crippen LogP contribution in [0.4, 0.5) is 11.6 Å². The molecule has 0 radical (unpaired) electrons. The van der Waals surface area contributed by atoms with Crippen molar-refractivity contribution < 1.29 is 34.4 Å². The number of anilines is 2. The van der Waals surface area contributed by atoms with Crippen molar-refractivity contribution in [2.24, 2.45) is 0 Å². The number of aromatic nitrogens is 3. The highest BCUT2D eigenvalue weighted by Gasteiger charge is 2.28. The van der Waals surface area contributed by atoms with E-state index in [9.17, 15) is 14.7 Å². The van der Waals surface area contributed by atoms with Gasteiger partial charge in [0.2, 0.25) is 0 Å². The quantitative estimate of drug-likeness (QED) is 0.0942. The Balaban J connectivity index is 0.000000201. The van der Waals surface area contributed by atoms with E-state index in [4.69, 9.17) is 71.3 Å². The van der Waals surface area contributed by atoms with Gasteiger partial charge < -0.3 is 34.6 Å². The van der Waals surface area contributed by atoms with E-state index in [1.54, 1.807) is 22.9 Å². The lowest BCUT2D eigenvalue weighted by Crippen LogP contribution is -2.34. The number of aliphatic hydroxyl groups is 1. The van der Waals surface area contributed by atoms with E-state index in [2.05, 4.69) is 31.7 Å². The van der Waals surface area contributed by atoms with E-state index in [1.165, 1.54) is 20.0 Å². The number of fused-ring (bicyclic) bond motifs is 2. The third kappa shape index (κ3) is 13.1. The van der Waals surface area contributed by atoms with Gasteiger partial charge in [0.1, 0.15) is 11.6 Å². The van der Waals surface area contributed by atoms with Crippen LogP contribution < -0.4 is 9.80 Å². The number of halogens is 4. The van der Waals surface area contributed by atoms with Gasteiger partial charge in [-0.25, -0.2) is 9.97 Å². The molecule has 1 atom stereocenters. The summed E-state index contributed by atoms with van der Waals surface area (Å²) in [6.07, 6.45) is 6.28. The van der Waals surface area contributed by atoms with Crippen molar-refractivity contribution in [1.29, 1.82) is 0 Å². The van der Waals surface area contributed by atoms with Gasteiger partial charge in [-0.15, -0.1) is 11.3 Å². The van der Waals surface area contributed by atoms with E-state index in [0.29, 0.717) is 38.8 Å². The van der Waals surface area contributed by atoms with Crippen LogP contribution in [0, 0.1) is 0 Å². The molecule has 0 amide bonds. The molecule has 0 bridgehead atoms. The normalized spacial score (nSPS) is 14.4. The highest BCUT2D eigenvalue weighted by Crippen LogP contribution is 2.41. The number of carboxylic acids is 2. The maximum atomic E-state index is 10.7. The second kappa shape index (κ2) is 24.7. The summed E-state index contributed by atoms with van der Waals surface area (Å²) < 4.78 is 10.1. The zero-order chi connectivity index (χ0) is 45.5. The first-order valence-electron chi connectivity index (χ1n) is 20.7. The first-order chi connectivity index (χ1) is 30.5. The van der Waals surface area contributed by atoms with Gasteiger partial charge in [0, 0.05) is 49.3 Å². The van der Waals surface area contributed by atoms with Crippen LogP contribution in [-0.2, 0) is 25.7 Å². The summed E-state index contributed by atoms with van der Waals surface area (Å²) >= 11 is 27.0. The topological polar surface area (TPSA) is 158 Å². The number of benzene rings is 3. The van der Waals surface area contributed by atoms with Gasteiger partial charge in [-0.2, -0.15) is 0 Å². The molecule has 0 unspecified atom stereocenters. The Bertz CT molecular complexity index is 2450. The van der Waals surface area contributed by atoms with Crippen LogP contribution >= 0.6 is 57.7 Å². The van der Waals surface area contributed by atoms with Crippen molar-refractivity contribution >= 4 is 103 Å². The van der Waals surface area contributed by atoms with Gasteiger partial charge in [-0.3, -0.25) is 14.6 Å². The van der Waals surface area contributed by atoms with Gasteiger partial charge in [0.25, 0.3) is 0 Å². The molecule has 6 aromatic rings. The third-order valence-electron chi connectivity index (χ3n) is 10.2. The third-order valence-corrected chi connectivity index (χ3v) is 12.6. The standard InChI is InChI=1S/C20H19Cl2N3O3S.C20H18Cl2N2O.C4H8O3.C2H6/c21-15-4-3-13-14(16-9-23-11-29-16)8-17(24-20(13)19(15)22)25-6-1-2-12(25)10-28-7-5-18(26)27;21-17-7-6-15-16(14-5-3-4-13(10-14)12-25)11-18(23-20(15)19(17)22)24-8-1-2-9-24;1-7-3-2-4(5)6;1-2/h3-4,8-9,11-12H,1-2,5-7,10H2,(H,26,27);3-7,10-11,25H,1-2,8-9,12H2;2-3H2,1H3,(H,5,6);1-2H3/t12-;;;/m0.../s1. The fourth-order valence-corrected chi connectivity index (χ4v) is 8.58. The van der Waals surface area contributed by atoms with Gasteiger partial charge in [0.15, 0.2) is 0 Å². The summed E-state index contributed by atoms with van der Waals surface area (Å²) in [6.45, 7) is 7.85.